The summed E-state index contributed by atoms with van der Waals surface area (Å²) in [7, 11) is 0. The number of hydrogen-bond acceptors (Lipinski definition) is 6. The fraction of sp³-hybridized carbons (Fsp3) is 0.545. The molecule has 0 unspecified atom stereocenters. The van der Waals surface area contributed by atoms with E-state index in [-0.39, 0.29) is 32.0 Å². The number of carbonyl (C=O) groups is 4. The molecule has 172 valence electrons. The summed E-state index contributed by atoms with van der Waals surface area (Å²) in [6.07, 6.45) is 1.82. The summed E-state index contributed by atoms with van der Waals surface area (Å²) < 4.78 is 10.0. The van der Waals surface area contributed by atoms with Crippen LogP contribution in [-0.2, 0) is 30.5 Å². The highest BCUT2D eigenvalue weighted by Crippen LogP contribution is 2.09. The molecule has 31 heavy (non-hydrogen) atoms. The fourth-order valence-corrected chi connectivity index (χ4v) is 2.80. The molecule has 0 heterocycles. The van der Waals surface area contributed by atoms with Crippen LogP contribution in [-0.4, -0.2) is 43.1 Å². The number of esters is 1. The molecule has 0 radical (unpaired) electrons. The van der Waals surface area contributed by atoms with Gasteiger partial charge in [-0.2, -0.15) is 0 Å². The summed E-state index contributed by atoms with van der Waals surface area (Å²) >= 11 is 0. The van der Waals surface area contributed by atoms with E-state index in [1.54, 1.807) is 13.8 Å². The first-order valence-electron chi connectivity index (χ1n) is 10.5. The van der Waals surface area contributed by atoms with E-state index in [1.807, 2.05) is 30.3 Å². The van der Waals surface area contributed by atoms with Crippen LogP contribution in [0.2, 0.25) is 0 Å². The smallest absolute Gasteiger partial charge is 0.407 e. The fourth-order valence-electron chi connectivity index (χ4n) is 2.80. The third-order valence-electron chi connectivity index (χ3n) is 4.52. The van der Waals surface area contributed by atoms with E-state index in [0.717, 1.165) is 5.56 Å². The molecule has 1 aromatic carbocycles. The van der Waals surface area contributed by atoms with E-state index in [0.29, 0.717) is 25.8 Å². The van der Waals surface area contributed by atoms with Gasteiger partial charge in [0.05, 0.1) is 12.5 Å². The lowest BCUT2D eigenvalue weighted by Gasteiger charge is -2.18. The molecule has 3 amide bonds. The highest BCUT2D eigenvalue weighted by Gasteiger charge is 2.25. The summed E-state index contributed by atoms with van der Waals surface area (Å²) in [5.41, 5.74) is 6.25. The Bertz CT molecular complexity index is 710. The predicted molar refractivity (Wildman–Crippen MR) is 115 cm³/mol. The number of benzene rings is 1. The van der Waals surface area contributed by atoms with E-state index in [2.05, 4.69) is 10.6 Å². The summed E-state index contributed by atoms with van der Waals surface area (Å²) in [5.74, 6) is -1.99. The van der Waals surface area contributed by atoms with Crippen LogP contribution in [0.3, 0.4) is 0 Å². The maximum absolute atomic E-state index is 12.1. The van der Waals surface area contributed by atoms with Crippen molar-refractivity contribution >= 4 is 23.9 Å². The molecule has 0 spiro atoms. The maximum atomic E-state index is 12.1. The second-order valence-electron chi connectivity index (χ2n) is 7.21. The molecule has 0 aliphatic carbocycles. The number of alkyl carbamates (subject to hydrolysis) is 1. The van der Waals surface area contributed by atoms with Gasteiger partial charge in [-0.25, -0.2) is 4.79 Å². The van der Waals surface area contributed by atoms with Crippen LogP contribution in [0.1, 0.15) is 51.5 Å². The van der Waals surface area contributed by atoms with Crippen LogP contribution >= 0.6 is 0 Å². The Morgan fingerprint density at radius 2 is 1.74 bits per heavy atom. The third kappa shape index (κ3) is 11.6. The Morgan fingerprint density at radius 3 is 2.39 bits per heavy atom. The van der Waals surface area contributed by atoms with Crippen LogP contribution in [0.5, 0.6) is 0 Å². The normalized spacial score (nSPS) is 12.3. The van der Waals surface area contributed by atoms with Crippen molar-refractivity contribution < 1.29 is 28.7 Å². The molecule has 2 atom stereocenters. The summed E-state index contributed by atoms with van der Waals surface area (Å²) in [5, 5.41) is 5.24. The van der Waals surface area contributed by atoms with Crippen molar-refractivity contribution in [3.05, 3.63) is 35.9 Å². The Hall–Kier alpha value is -3.10. The third-order valence-corrected chi connectivity index (χ3v) is 4.52. The number of nitrogens with two attached hydrogens (primary N) is 1. The van der Waals surface area contributed by atoms with Gasteiger partial charge in [-0.05, 0) is 31.7 Å². The van der Waals surface area contributed by atoms with Crippen LogP contribution in [0.4, 0.5) is 4.79 Å². The Kier molecular flexibility index (Phi) is 12.4. The van der Waals surface area contributed by atoms with Gasteiger partial charge in [-0.1, -0.05) is 43.7 Å². The Morgan fingerprint density at radius 1 is 1.03 bits per heavy atom. The van der Waals surface area contributed by atoms with E-state index in [9.17, 15) is 19.2 Å². The topological polar surface area (TPSA) is 137 Å². The molecule has 1 rings (SSSR count). The van der Waals surface area contributed by atoms with Crippen LogP contribution in [0.25, 0.3) is 0 Å². The minimum atomic E-state index is -0.923. The molecule has 4 N–H and O–H groups in total. The lowest BCUT2D eigenvalue weighted by Crippen LogP contribution is -2.46. The molecule has 0 aliphatic rings. The summed E-state index contributed by atoms with van der Waals surface area (Å²) in [4.78, 5) is 47.0. The molecule has 9 heteroatoms. The van der Waals surface area contributed by atoms with Gasteiger partial charge in [0.2, 0.25) is 11.8 Å². The zero-order chi connectivity index (χ0) is 23.1. The zero-order valence-electron chi connectivity index (χ0n) is 18.2. The van der Waals surface area contributed by atoms with E-state index >= 15 is 0 Å². The number of nitrogens with one attached hydrogen (secondary N) is 2. The maximum Gasteiger partial charge on any atom is 0.407 e. The van der Waals surface area contributed by atoms with Gasteiger partial charge in [0, 0.05) is 13.0 Å². The first-order valence-corrected chi connectivity index (χ1v) is 10.5. The van der Waals surface area contributed by atoms with Gasteiger partial charge in [-0.3, -0.25) is 14.4 Å². The van der Waals surface area contributed by atoms with Gasteiger partial charge in [-0.15, -0.1) is 0 Å². The van der Waals surface area contributed by atoms with Crippen LogP contribution in [0, 0.1) is 5.92 Å². The molecule has 0 aliphatic heterocycles. The molecule has 0 aromatic heterocycles. The Balaban J connectivity index is 2.17. The van der Waals surface area contributed by atoms with Gasteiger partial charge in [0.15, 0.2) is 0 Å². The molecule has 0 bridgehead atoms. The van der Waals surface area contributed by atoms with Crippen molar-refractivity contribution in [2.75, 3.05) is 13.2 Å². The van der Waals surface area contributed by atoms with Crippen molar-refractivity contribution in [1.82, 2.24) is 10.6 Å². The standard InChI is InChI=1S/C22H33N3O6/c1-3-30-21(28)16(2)14-18(20(23)27)25-19(26)12-8-5-9-13-24-22(29)31-15-17-10-6-4-7-11-17/h4,6-7,10-11,16,18H,3,5,8-9,12-15H2,1-2H3,(H2,23,27)(H,24,29)(H,25,26)/t16-,18-/m0/s1. The minimum Gasteiger partial charge on any atom is -0.466 e. The molecular formula is C22H33N3O6. The van der Waals surface area contributed by atoms with E-state index < -0.39 is 29.9 Å². The molecule has 0 saturated carbocycles. The first-order chi connectivity index (χ1) is 14.8. The second-order valence-corrected chi connectivity index (χ2v) is 7.21. The average Bonchev–Trinajstić information content (AvgIpc) is 2.74. The number of ether oxygens (including phenoxy) is 2. The molecule has 0 fully saturated rings. The number of unbranched alkanes of at least 4 members (excludes halogenated alkanes) is 2. The molecule has 9 nitrogen and oxygen atoms in total. The number of rotatable bonds is 14. The van der Waals surface area contributed by atoms with Crippen molar-refractivity contribution in [2.24, 2.45) is 11.7 Å². The highest BCUT2D eigenvalue weighted by atomic mass is 16.5. The number of carbonyl (C=O) groups excluding carboxylic acids is 4. The SMILES string of the molecule is CCOC(=O)[C@@H](C)C[C@H](NC(=O)CCCCCNC(=O)OCc1ccccc1)C(N)=O. The lowest BCUT2D eigenvalue weighted by molar-refractivity contribution is -0.148. The Labute approximate surface area is 183 Å². The highest BCUT2D eigenvalue weighted by molar-refractivity contribution is 5.87. The number of primary amides is 1. The number of amides is 3. The molecule has 0 saturated heterocycles. The van der Waals surface area contributed by atoms with Gasteiger partial charge < -0.3 is 25.8 Å². The monoisotopic (exact) mass is 435 g/mol. The second kappa shape index (κ2) is 14.8. The average molecular weight is 436 g/mol. The van der Waals surface area contributed by atoms with Gasteiger partial charge in [0.25, 0.3) is 0 Å². The van der Waals surface area contributed by atoms with E-state index in [1.165, 1.54) is 0 Å². The van der Waals surface area contributed by atoms with Crippen molar-refractivity contribution in [1.29, 1.82) is 0 Å². The van der Waals surface area contributed by atoms with Crippen LogP contribution < -0.4 is 16.4 Å². The van der Waals surface area contributed by atoms with Gasteiger partial charge >= 0.3 is 12.1 Å². The minimum absolute atomic E-state index is 0.0922. The molecular weight excluding hydrogens is 402 g/mol. The lowest BCUT2D eigenvalue weighted by atomic mass is 10.0. The van der Waals surface area contributed by atoms with Gasteiger partial charge in [0.1, 0.15) is 12.6 Å². The zero-order valence-corrected chi connectivity index (χ0v) is 18.2. The summed E-state index contributed by atoms with van der Waals surface area (Å²) in [6.45, 7) is 4.22. The number of hydrogen-bond donors (Lipinski definition) is 3. The summed E-state index contributed by atoms with van der Waals surface area (Å²) in [6, 6.07) is 8.46. The van der Waals surface area contributed by atoms with Crippen molar-refractivity contribution in [3.63, 3.8) is 0 Å². The first kappa shape index (κ1) is 25.9. The van der Waals surface area contributed by atoms with Crippen molar-refractivity contribution in [3.8, 4) is 0 Å². The van der Waals surface area contributed by atoms with Crippen molar-refractivity contribution in [2.45, 2.75) is 58.6 Å². The predicted octanol–water partition coefficient (Wildman–Crippen LogP) is 2.03. The van der Waals surface area contributed by atoms with E-state index in [4.69, 9.17) is 15.2 Å². The largest absolute Gasteiger partial charge is 0.466 e. The van der Waals surface area contributed by atoms with Crippen LogP contribution in [0.15, 0.2) is 30.3 Å². The molecule has 1 aromatic rings. The quantitative estimate of drug-likeness (QED) is 0.302.